The van der Waals surface area contributed by atoms with Crippen molar-refractivity contribution in [1.82, 2.24) is 5.32 Å². The van der Waals surface area contributed by atoms with Crippen LogP contribution >= 0.6 is 0 Å². The largest absolute Gasteiger partial charge is 0.369 e. The molecular formula is C29H40N4O3. The lowest BCUT2D eigenvalue weighted by molar-refractivity contribution is -0.141. The minimum atomic E-state index is -1.04. The number of carbonyl (C=O) groups excluding carboxylic acids is 3. The summed E-state index contributed by atoms with van der Waals surface area (Å²) in [6.45, 7) is 4.06. The Bertz CT molecular complexity index is 1040. The molecule has 7 heteroatoms. The monoisotopic (exact) mass is 492 g/mol. The smallest absolute Gasteiger partial charge is 0.272 e. The highest BCUT2D eigenvalue weighted by Crippen LogP contribution is 2.43. The van der Waals surface area contributed by atoms with Gasteiger partial charge < -0.3 is 16.0 Å². The molecule has 1 aliphatic heterocycles. The number of benzodiazepines with no additional fused rings is 1. The van der Waals surface area contributed by atoms with Crippen LogP contribution in [0.25, 0.3) is 0 Å². The molecular weight excluding hydrogens is 452 g/mol. The molecule has 0 bridgehead atoms. The minimum Gasteiger partial charge on any atom is -0.369 e. The van der Waals surface area contributed by atoms with Crippen molar-refractivity contribution in [3.8, 4) is 0 Å². The van der Waals surface area contributed by atoms with Crippen LogP contribution in [0, 0.1) is 23.2 Å². The number of likely N-dealkylation sites (N-methyl/N-ethyl adjacent to an activating group) is 1. The second-order valence-electron chi connectivity index (χ2n) is 11.1. The Labute approximate surface area is 214 Å². The fraction of sp³-hybridized carbons (Fsp3) is 0.586. The fourth-order valence-corrected chi connectivity index (χ4v) is 6.14. The molecule has 7 nitrogen and oxygen atoms in total. The molecule has 2 atom stereocenters. The van der Waals surface area contributed by atoms with E-state index in [1.807, 2.05) is 50.3 Å². The molecule has 4 rings (SSSR count). The number of rotatable bonds is 7. The molecule has 1 aromatic carbocycles. The summed E-state index contributed by atoms with van der Waals surface area (Å²) >= 11 is 0. The maximum Gasteiger partial charge on any atom is 0.272 e. The third kappa shape index (κ3) is 5.11. The molecule has 194 valence electrons. The first-order valence-electron chi connectivity index (χ1n) is 13.4. The van der Waals surface area contributed by atoms with Crippen LogP contribution in [-0.4, -0.2) is 36.6 Å². The highest BCUT2D eigenvalue weighted by atomic mass is 16.2. The normalized spacial score (nSPS) is 23.0. The van der Waals surface area contributed by atoms with Crippen molar-refractivity contribution in [2.75, 3.05) is 11.9 Å². The number of anilines is 1. The standard InChI is InChI=1S/C29H40N4O3/c1-19(2)18-22(29(28(30)36)16-10-11-17-29)26(34)32-25-27(35)33(3)23-15-9-8-14-21(23)24(31-25)20-12-6-4-5-7-13-20/h8-11,14-15,19-20,22,25H,4-7,12-13,16-18H2,1-3H3,(H2,30,36)(H,32,34)/t22-,25?/m0/s1. The van der Waals surface area contributed by atoms with Crippen molar-refractivity contribution < 1.29 is 14.4 Å². The molecule has 3 amide bonds. The van der Waals surface area contributed by atoms with E-state index in [0.717, 1.165) is 42.6 Å². The molecule has 0 radical (unpaired) electrons. The zero-order valence-corrected chi connectivity index (χ0v) is 21.8. The zero-order valence-electron chi connectivity index (χ0n) is 21.8. The van der Waals surface area contributed by atoms with Gasteiger partial charge in [-0.05, 0) is 44.1 Å². The van der Waals surface area contributed by atoms with E-state index in [9.17, 15) is 14.4 Å². The van der Waals surface area contributed by atoms with E-state index in [4.69, 9.17) is 10.7 Å². The predicted octanol–water partition coefficient (Wildman–Crippen LogP) is 4.35. The number of fused-ring (bicyclic) bond motifs is 1. The van der Waals surface area contributed by atoms with Gasteiger partial charge in [0.25, 0.3) is 5.91 Å². The number of para-hydroxylation sites is 1. The first-order chi connectivity index (χ1) is 17.2. The number of benzene rings is 1. The number of carbonyl (C=O) groups is 3. The Balaban J connectivity index is 1.70. The summed E-state index contributed by atoms with van der Waals surface area (Å²) < 4.78 is 0. The first kappa shape index (κ1) is 26.1. The van der Waals surface area contributed by atoms with Crippen LogP contribution in [0.3, 0.4) is 0 Å². The van der Waals surface area contributed by atoms with Gasteiger partial charge in [0.05, 0.1) is 22.7 Å². The van der Waals surface area contributed by atoms with Gasteiger partial charge in [0.1, 0.15) is 0 Å². The van der Waals surface area contributed by atoms with Crippen molar-refractivity contribution in [3.63, 3.8) is 0 Å². The molecule has 0 saturated heterocycles. The van der Waals surface area contributed by atoms with Gasteiger partial charge in [-0.3, -0.25) is 19.4 Å². The van der Waals surface area contributed by atoms with Crippen LogP contribution in [-0.2, 0) is 14.4 Å². The lowest BCUT2D eigenvalue weighted by atomic mass is 9.69. The number of amides is 3. The van der Waals surface area contributed by atoms with Crippen molar-refractivity contribution in [2.24, 2.45) is 33.9 Å². The van der Waals surface area contributed by atoms with Crippen LogP contribution in [0.15, 0.2) is 41.4 Å². The van der Waals surface area contributed by atoms with E-state index >= 15 is 0 Å². The number of nitrogens with two attached hydrogens (primary N) is 1. The third-order valence-corrected chi connectivity index (χ3v) is 8.21. The van der Waals surface area contributed by atoms with Crippen molar-refractivity contribution in [1.29, 1.82) is 0 Å². The molecule has 1 fully saturated rings. The summed E-state index contributed by atoms with van der Waals surface area (Å²) in [5.41, 5.74) is 7.60. The Morgan fingerprint density at radius 2 is 1.75 bits per heavy atom. The van der Waals surface area contributed by atoms with Gasteiger partial charge in [0.15, 0.2) is 0 Å². The number of allylic oxidation sites excluding steroid dienone is 2. The predicted molar refractivity (Wildman–Crippen MR) is 142 cm³/mol. The van der Waals surface area contributed by atoms with Crippen LogP contribution < -0.4 is 16.0 Å². The Hall–Kier alpha value is -2.96. The summed E-state index contributed by atoms with van der Waals surface area (Å²) in [6, 6.07) is 7.87. The van der Waals surface area contributed by atoms with E-state index in [-0.39, 0.29) is 23.7 Å². The number of nitrogens with one attached hydrogen (secondary N) is 1. The highest BCUT2D eigenvalue weighted by Gasteiger charge is 2.49. The summed E-state index contributed by atoms with van der Waals surface area (Å²) in [4.78, 5) is 46.7. The van der Waals surface area contributed by atoms with Crippen LogP contribution in [0.2, 0.25) is 0 Å². The maximum absolute atomic E-state index is 13.8. The number of nitrogens with zero attached hydrogens (tertiary/aromatic N) is 2. The van der Waals surface area contributed by atoms with E-state index in [2.05, 4.69) is 5.32 Å². The summed E-state index contributed by atoms with van der Waals surface area (Å²) in [5.74, 6) is -1.28. The lowest BCUT2D eigenvalue weighted by Gasteiger charge is -2.35. The average molecular weight is 493 g/mol. The van der Waals surface area contributed by atoms with Gasteiger partial charge in [-0.1, -0.05) is 69.9 Å². The van der Waals surface area contributed by atoms with Gasteiger partial charge in [0, 0.05) is 18.5 Å². The molecule has 3 N–H and O–H groups in total. The van der Waals surface area contributed by atoms with Crippen LogP contribution in [0.1, 0.15) is 77.2 Å². The minimum absolute atomic E-state index is 0.180. The molecule has 1 saturated carbocycles. The lowest BCUT2D eigenvalue weighted by Crippen LogP contribution is -2.53. The number of aliphatic imine (C=N–C) groups is 1. The number of hydrogen-bond donors (Lipinski definition) is 2. The SMILES string of the molecule is CC(C)C[C@@H](C(=O)NC1N=C(C2CCCCCC2)c2ccccc2N(C)C1=O)C1(C(N)=O)CC=CC1. The Morgan fingerprint density at radius 1 is 1.11 bits per heavy atom. The molecule has 36 heavy (non-hydrogen) atoms. The van der Waals surface area contributed by atoms with Crippen molar-refractivity contribution >= 4 is 29.1 Å². The van der Waals surface area contributed by atoms with Gasteiger partial charge in [-0.2, -0.15) is 0 Å². The molecule has 2 aliphatic carbocycles. The second-order valence-corrected chi connectivity index (χ2v) is 11.1. The third-order valence-electron chi connectivity index (χ3n) is 8.21. The van der Waals surface area contributed by atoms with Gasteiger partial charge >= 0.3 is 0 Å². The first-order valence-corrected chi connectivity index (χ1v) is 13.4. The topological polar surface area (TPSA) is 105 Å². The second kappa shape index (κ2) is 11.0. The van der Waals surface area contributed by atoms with E-state index in [1.54, 1.807) is 11.9 Å². The molecule has 1 heterocycles. The summed E-state index contributed by atoms with van der Waals surface area (Å²) in [5, 5.41) is 2.97. The van der Waals surface area contributed by atoms with Crippen molar-refractivity contribution in [2.45, 2.75) is 77.8 Å². The molecule has 1 unspecified atom stereocenters. The van der Waals surface area contributed by atoms with Gasteiger partial charge in [-0.25, -0.2) is 0 Å². The Kier molecular flexibility index (Phi) is 7.96. The van der Waals surface area contributed by atoms with E-state index in [0.29, 0.717) is 19.3 Å². The molecule has 1 aromatic rings. The van der Waals surface area contributed by atoms with Gasteiger partial charge in [-0.15, -0.1) is 0 Å². The Morgan fingerprint density at radius 3 is 2.36 bits per heavy atom. The fourth-order valence-electron chi connectivity index (χ4n) is 6.14. The van der Waals surface area contributed by atoms with Crippen LogP contribution in [0.4, 0.5) is 5.69 Å². The summed E-state index contributed by atoms with van der Waals surface area (Å²) in [6.07, 6.45) is 10.9. The highest BCUT2D eigenvalue weighted by molar-refractivity contribution is 6.14. The van der Waals surface area contributed by atoms with E-state index in [1.165, 1.54) is 12.8 Å². The zero-order chi connectivity index (χ0) is 25.9. The van der Waals surface area contributed by atoms with Crippen LogP contribution in [0.5, 0.6) is 0 Å². The molecule has 3 aliphatic rings. The number of primary amides is 1. The van der Waals surface area contributed by atoms with E-state index < -0.39 is 23.4 Å². The number of hydrogen-bond acceptors (Lipinski definition) is 4. The molecule has 0 aromatic heterocycles. The maximum atomic E-state index is 13.8. The molecule has 0 spiro atoms. The average Bonchev–Trinajstić information content (AvgIpc) is 3.16. The van der Waals surface area contributed by atoms with Gasteiger partial charge in [0.2, 0.25) is 18.0 Å². The van der Waals surface area contributed by atoms with Crippen molar-refractivity contribution in [3.05, 3.63) is 42.0 Å². The quantitative estimate of drug-likeness (QED) is 0.437. The summed E-state index contributed by atoms with van der Waals surface area (Å²) in [7, 11) is 1.74.